The molecule has 1 aromatic heterocycles. The number of rotatable bonds is 4. The number of carbonyl (C=O) groups is 1. The normalized spacial score (nSPS) is 18.3. The Morgan fingerprint density at radius 1 is 1.22 bits per heavy atom. The molecule has 0 radical (unpaired) electrons. The molecule has 0 spiro atoms. The summed E-state index contributed by atoms with van der Waals surface area (Å²) < 4.78 is 5.17. The number of nitrogens with zero attached hydrogens (tertiary/aromatic N) is 2. The van der Waals surface area contributed by atoms with Crippen molar-refractivity contribution in [3.63, 3.8) is 0 Å². The van der Waals surface area contributed by atoms with Gasteiger partial charge in [-0.2, -0.15) is 4.98 Å². The van der Waals surface area contributed by atoms with Crippen LogP contribution in [0.15, 0.2) is 4.52 Å². The van der Waals surface area contributed by atoms with Gasteiger partial charge in [0.1, 0.15) is 0 Å². The van der Waals surface area contributed by atoms with Crippen LogP contribution in [-0.4, -0.2) is 33.4 Å². The predicted molar refractivity (Wildman–Crippen MR) is 85.9 cm³/mol. The summed E-state index contributed by atoms with van der Waals surface area (Å²) in [6.07, 6.45) is 5.82. The highest BCUT2D eigenvalue weighted by Crippen LogP contribution is 2.26. The molecule has 2 amide bonds. The lowest BCUT2D eigenvalue weighted by Crippen LogP contribution is -2.46. The summed E-state index contributed by atoms with van der Waals surface area (Å²) in [5.41, 5.74) is -0.990. The smallest absolute Gasteiger partial charge is 0.315 e. The van der Waals surface area contributed by atoms with E-state index in [1.54, 1.807) is 0 Å². The molecular formula is C16H28N4O3. The second kappa shape index (κ2) is 7.29. The van der Waals surface area contributed by atoms with Gasteiger partial charge in [-0.05, 0) is 12.8 Å². The van der Waals surface area contributed by atoms with E-state index < -0.39 is 5.60 Å². The molecule has 0 aliphatic heterocycles. The fourth-order valence-corrected chi connectivity index (χ4v) is 2.66. The molecule has 0 atom stereocenters. The first-order valence-electron chi connectivity index (χ1n) is 8.36. The van der Waals surface area contributed by atoms with Gasteiger partial charge in [-0.25, -0.2) is 4.79 Å². The van der Waals surface area contributed by atoms with Crippen molar-refractivity contribution in [2.45, 2.75) is 76.9 Å². The zero-order valence-electron chi connectivity index (χ0n) is 14.3. The molecule has 1 aliphatic carbocycles. The van der Waals surface area contributed by atoms with E-state index in [9.17, 15) is 9.90 Å². The van der Waals surface area contributed by atoms with Crippen LogP contribution < -0.4 is 10.6 Å². The second-order valence-electron chi connectivity index (χ2n) is 7.44. The van der Waals surface area contributed by atoms with E-state index in [1.165, 1.54) is 0 Å². The minimum atomic E-state index is -0.778. The molecule has 130 valence electrons. The summed E-state index contributed by atoms with van der Waals surface area (Å²) in [6, 6.07) is -0.329. The Morgan fingerprint density at radius 2 is 1.87 bits per heavy atom. The fraction of sp³-hybridized carbons (Fsp3) is 0.812. The van der Waals surface area contributed by atoms with E-state index >= 15 is 0 Å². The number of hydrogen-bond acceptors (Lipinski definition) is 5. The first-order chi connectivity index (χ1) is 10.8. The summed E-state index contributed by atoms with van der Waals surface area (Å²) >= 11 is 0. The molecule has 7 nitrogen and oxygen atoms in total. The predicted octanol–water partition coefficient (Wildman–Crippen LogP) is 2.25. The number of carbonyl (C=O) groups excluding carboxylic acids is 1. The van der Waals surface area contributed by atoms with Crippen molar-refractivity contribution in [1.29, 1.82) is 0 Å². The van der Waals surface area contributed by atoms with Crippen LogP contribution in [0.25, 0.3) is 0 Å². The maximum atomic E-state index is 11.9. The van der Waals surface area contributed by atoms with Crippen molar-refractivity contribution in [2.75, 3.05) is 6.54 Å². The third kappa shape index (κ3) is 5.49. The van der Waals surface area contributed by atoms with E-state index in [2.05, 4.69) is 20.8 Å². The molecule has 1 aliphatic rings. The Labute approximate surface area is 137 Å². The highest BCUT2D eigenvalue weighted by molar-refractivity contribution is 5.73. The highest BCUT2D eigenvalue weighted by Gasteiger charge is 2.28. The molecule has 7 heteroatoms. The van der Waals surface area contributed by atoms with E-state index in [0.717, 1.165) is 38.5 Å². The van der Waals surface area contributed by atoms with Crippen LogP contribution in [0.2, 0.25) is 0 Å². The summed E-state index contributed by atoms with van der Waals surface area (Å²) in [5.74, 6) is 0.987. The Morgan fingerprint density at radius 3 is 2.43 bits per heavy atom. The van der Waals surface area contributed by atoms with E-state index in [4.69, 9.17) is 4.52 Å². The molecule has 0 bridgehead atoms. The van der Waals surface area contributed by atoms with E-state index in [0.29, 0.717) is 11.7 Å². The monoisotopic (exact) mass is 324 g/mol. The Hall–Kier alpha value is -1.63. The number of urea groups is 1. The van der Waals surface area contributed by atoms with Crippen LogP contribution in [-0.2, 0) is 12.0 Å². The van der Waals surface area contributed by atoms with Gasteiger partial charge in [0.15, 0.2) is 5.82 Å². The molecule has 1 heterocycles. The molecule has 0 aromatic carbocycles. The minimum absolute atomic E-state index is 0.198. The summed E-state index contributed by atoms with van der Waals surface area (Å²) in [7, 11) is 0. The fourth-order valence-electron chi connectivity index (χ4n) is 2.66. The van der Waals surface area contributed by atoms with Gasteiger partial charge in [0.05, 0.1) is 12.1 Å². The van der Waals surface area contributed by atoms with Crippen molar-refractivity contribution in [1.82, 2.24) is 20.8 Å². The number of aromatic nitrogens is 2. The lowest BCUT2D eigenvalue weighted by atomic mass is 9.95. The van der Waals surface area contributed by atoms with Gasteiger partial charge in [-0.1, -0.05) is 51.6 Å². The van der Waals surface area contributed by atoms with Crippen molar-refractivity contribution in [3.05, 3.63) is 11.7 Å². The molecule has 1 aromatic rings. The number of amides is 2. The van der Waals surface area contributed by atoms with Crippen molar-refractivity contribution in [2.24, 2.45) is 0 Å². The van der Waals surface area contributed by atoms with Gasteiger partial charge in [0, 0.05) is 12.0 Å². The van der Waals surface area contributed by atoms with Crippen LogP contribution in [0.4, 0.5) is 4.79 Å². The quantitative estimate of drug-likeness (QED) is 0.738. The molecule has 2 rings (SSSR count). The van der Waals surface area contributed by atoms with Gasteiger partial charge < -0.3 is 20.3 Å². The lowest BCUT2D eigenvalue weighted by molar-refractivity contribution is 0.0276. The van der Waals surface area contributed by atoms with Gasteiger partial charge in [0.25, 0.3) is 0 Å². The third-order valence-electron chi connectivity index (χ3n) is 4.13. The summed E-state index contributed by atoms with van der Waals surface area (Å²) in [5, 5.41) is 19.8. The van der Waals surface area contributed by atoms with E-state index in [-0.39, 0.29) is 24.5 Å². The lowest BCUT2D eigenvalue weighted by Gasteiger charge is -2.26. The zero-order chi connectivity index (χ0) is 16.9. The van der Waals surface area contributed by atoms with Crippen LogP contribution >= 0.6 is 0 Å². The van der Waals surface area contributed by atoms with Crippen LogP contribution in [0.1, 0.15) is 71.0 Å². The molecule has 0 unspecified atom stereocenters. The number of aliphatic hydroxyl groups is 1. The second-order valence-corrected chi connectivity index (χ2v) is 7.44. The Kier molecular flexibility index (Phi) is 5.62. The van der Waals surface area contributed by atoms with Crippen LogP contribution in [0.3, 0.4) is 0 Å². The van der Waals surface area contributed by atoms with Crippen LogP contribution in [0.5, 0.6) is 0 Å². The standard InChI is InChI=1S/C16H28N4O3/c1-15(2,3)13-19-12(20-23-13)10-17-14(21)18-11-16(22)8-6-4-5-7-9-16/h22H,4-11H2,1-3H3,(H2,17,18,21). The zero-order valence-corrected chi connectivity index (χ0v) is 14.3. The average Bonchev–Trinajstić information content (AvgIpc) is 2.86. The first-order valence-corrected chi connectivity index (χ1v) is 8.36. The maximum Gasteiger partial charge on any atom is 0.315 e. The molecular weight excluding hydrogens is 296 g/mol. The molecule has 1 saturated carbocycles. The average molecular weight is 324 g/mol. The van der Waals surface area contributed by atoms with Gasteiger partial charge >= 0.3 is 6.03 Å². The van der Waals surface area contributed by atoms with Gasteiger partial charge in [-0.15, -0.1) is 0 Å². The minimum Gasteiger partial charge on any atom is -0.388 e. The van der Waals surface area contributed by atoms with Crippen molar-refractivity contribution in [3.8, 4) is 0 Å². The summed E-state index contributed by atoms with van der Waals surface area (Å²) in [4.78, 5) is 16.1. The maximum absolute atomic E-state index is 11.9. The largest absolute Gasteiger partial charge is 0.388 e. The number of hydrogen-bond donors (Lipinski definition) is 3. The molecule has 0 saturated heterocycles. The molecule has 23 heavy (non-hydrogen) atoms. The summed E-state index contributed by atoms with van der Waals surface area (Å²) in [6.45, 7) is 6.43. The van der Waals surface area contributed by atoms with Crippen LogP contribution in [0, 0.1) is 0 Å². The SMILES string of the molecule is CC(C)(C)c1nc(CNC(=O)NCC2(O)CCCCCC2)no1. The van der Waals surface area contributed by atoms with Crippen molar-refractivity contribution < 1.29 is 14.4 Å². The van der Waals surface area contributed by atoms with E-state index in [1.807, 2.05) is 20.8 Å². The molecule has 1 fully saturated rings. The third-order valence-corrected chi connectivity index (χ3v) is 4.13. The Bertz CT molecular complexity index is 514. The number of nitrogens with one attached hydrogen (secondary N) is 2. The highest BCUT2D eigenvalue weighted by atomic mass is 16.5. The topological polar surface area (TPSA) is 100 Å². The Balaban J connectivity index is 1.75. The van der Waals surface area contributed by atoms with Gasteiger partial charge in [-0.3, -0.25) is 0 Å². The van der Waals surface area contributed by atoms with Crippen molar-refractivity contribution >= 4 is 6.03 Å². The molecule has 3 N–H and O–H groups in total. The first kappa shape index (κ1) is 17.7. The van der Waals surface area contributed by atoms with Gasteiger partial charge in [0.2, 0.25) is 5.89 Å².